The topological polar surface area (TPSA) is 26.0 Å². The molecule has 0 unspecified atom stereocenters. The monoisotopic (exact) mass is 139 g/mol. The highest BCUT2D eigenvalue weighted by Crippen LogP contribution is 2.33. The first-order valence-corrected chi connectivity index (χ1v) is 4.08. The van der Waals surface area contributed by atoms with Crippen LogP contribution in [0.4, 0.5) is 0 Å². The summed E-state index contributed by atoms with van der Waals surface area (Å²) < 4.78 is 0. The first kappa shape index (κ1) is 5.45. The van der Waals surface area contributed by atoms with Gasteiger partial charge in [-0.1, -0.05) is 0 Å². The van der Waals surface area contributed by atoms with Gasteiger partial charge in [-0.25, -0.2) is 0 Å². The number of hydrogen-bond donors (Lipinski definition) is 1. The van der Waals surface area contributed by atoms with E-state index < -0.39 is 0 Å². The smallest absolute Gasteiger partial charge is 0.0395 e. The van der Waals surface area contributed by atoms with Crippen LogP contribution in [0.25, 0.3) is 0 Å². The average molecular weight is 139 g/mol. The third-order valence-corrected chi connectivity index (χ3v) is 2.93. The second-order valence-electron chi connectivity index (χ2n) is 2.46. The van der Waals surface area contributed by atoms with Gasteiger partial charge in [-0.3, -0.25) is 0 Å². The van der Waals surface area contributed by atoms with Gasteiger partial charge in [-0.2, -0.15) is 0 Å². The molecule has 2 rings (SSSR count). The van der Waals surface area contributed by atoms with Crippen molar-refractivity contribution in [2.75, 3.05) is 0 Å². The summed E-state index contributed by atoms with van der Waals surface area (Å²) in [7, 11) is 0. The fourth-order valence-electron chi connectivity index (χ4n) is 1.32. The quantitative estimate of drug-likeness (QED) is 0.581. The molecule has 1 aliphatic carbocycles. The Morgan fingerprint density at radius 2 is 2.56 bits per heavy atom. The van der Waals surface area contributed by atoms with E-state index >= 15 is 0 Å². The minimum Gasteiger partial charge on any atom is -0.323 e. The van der Waals surface area contributed by atoms with E-state index in [1.165, 1.54) is 16.9 Å². The van der Waals surface area contributed by atoms with E-state index in [2.05, 4.69) is 11.4 Å². The van der Waals surface area contributed by atoms with E-state index in [1.807, 2.05) is 0 Å². The van der Waals surface area contributed by atoms with Crippen LogP contribution in [0.3, 0.4) is 0 Å². The van der Waals surface area contributed by atoms with Crippen molar-refractivity contribution >= 4 is 11.3 Å². The third-order valence-electron chi connectivity index (χ3n) is 1.84. The van der Waals surface area contributed by atoms with Crippen molar-refractivity contribution < 1.29 is 0 Å². The summed E-state index contributed by atoms with van der Waals surface area (Å²) in [4.78, 5) is 1.41. The van der Waals surface area contributed by atoms with Crippen LogP contribution < -0.4 is 5.73 Å². The molecule has 1 aliphatic rings. The maximum absolute atomic E-state index is 5.80. The molecular formula is C7H9NS. The summed E-state index contributed by atoms with van der Waals surface area (Å²) in [5.41, 5.74) is 7.28. The minimum absolute atomic E-state index is 0.347. The average Bonchev–Trinajstić information content (AvgIpc) is 2.35. The molecule has 0 saturated heterocycles. The molecule has 0 radical (unpaired) electrons. The number of nitrogens with two attached hydrogens (primary N) is 1. The third kappa shape index (κ3) is 0.705. The van der Waals surface area contributed by atoms with Crippen LogP contribution in [0.2, 0.25) is 0 Å². The Bertz CT molecular complexity index is 216. The van der Waals surface area contributed by atoms with Crippen LogP contribution in [-0.2, 0) is 6.42 Å². The van der Waals surface area contributed by atoms with Crippen molar-refractivity contribution in [3.63, 3.8) is 0 Å². The number of thiophene rings is 1. The lowest BCUT2D eigenvalue weighted by Gasteiger charge is -1.96. The van der Waals surface area contributed by atoms with Gasteiger partial charge >= 0.3 is 0 Å². The van der Waals surface area contributed by atoms with Gasteiger partial charge in [0.2, 0.25) is 0 Å². The second-order valence-corrected chi connectivity index (χ2v) is 3.40. The molecule has 0 aromatic carbocycles. The van der Waals surface area contributed by atoms with Crippen LogP contribution >= 0.6 is 11.3 Å². The highest BCUT2D eigenvalue weighted by molar-refractivity contribution is 7.10. The zero-order chi connectivity index (χ0) is 6.27. The van der Waals surface area contributed by atoms with Gasteiger partial charge < -0.3 is 5.73 Å². The van der Waals surface area contributed by atoms with Gasteiger partial charge in [0.05, 0.1) is 0 Å². The van der Waals surface area contributed by atoms with Crippen LogP contribution in [0.5, 0.6) is 0 Å². The molecule has 0 fully saturated rings. The van der Waals surface area contributed by atoms with E-state index in [1.54, 1.807) is 11.3 Å². The Labute approximate surface area is 58.5 Å². The fourth-order valence-corrected chi connectivity index (χ4v) is 2.31. The van der Waals surface area contributed by atoms with Crippen molar-refractivity contribution in [2.24, 2.45) is 5.73 Å². The Morgan fingerprint density at radius 3 is 3.33 bits per heavy atom. The lowest BCUT2D eigenvalue weighted by Crippen LogP contribution is -2.02. The summed E-state index contributed by atoms with van der Waals surface area (Å²) >= 11 is 1.80. The molecule has 0 amide bonds. The normalized spacial score (nSPS) is 24.3. The lowest BCUT2D eigenvalue weighted by atomic mass is 10.3. The van der Waals surface area contributed by atoms with Gasteiger partial charge in [0.1, 0.15) is 0 Å². The summed E-state index contributed by atoms with van der Waals surface area (Å²) in [6.45, 7) is 0. The van der Waals surface area contributed by atoms with Gasteiger partial charge in [0.15, 0.2) is 0 Å². The van der Waals surface area contributed by atoms with Crippen molar-refractivity contribution in [1.82, 2.24) is 0 Å². The van der Waals surface area contributed by atoms with Crippen LogP contribution in [0.15, 0.2) is 11.4 Å². The predicted octanol–water partition coefficient (Wildman–Crippen LogP) is 1.69. The number of rotatable bonds is 0. The largest absolute Gasteiger partial charge is 0.323 e. The summed E-state index contributed by atoms with van der Waals surface area (Å²) in [6.07, 6.45) is 2.35. The highest BCUT2D eigenvalue weighted by atomic mass is 32.1. The molecule has 9 heavy (non-hydrogen) atoms. The van der Waals surface area contributed by atoms with E-state index in [0.717, 1.165) is 6.42 Å². The molecule has 1 heterocycles. The van der Waals surface area contributed by atoms with E-state index in [4.69, 9.17) is 5.73 Å². The van der Waals surface area contributed by atoms with Crippen molar-refractivity contribution in [1.29, 1.82) is 0 Å². The minimum atomic E-state index is 0.347. The van der Waals surface area contributed by atoms with Gasteiger partial charge in [-0.05, 0) is 29.9 Å². The van der Waals surface area contributed by atoms with E-state index in [9.17, 15) is 0 Å². The first-order valence-electron chi connectivity index (χ1n) is 3.20. The number of hydrogen-bond acceptors (Lipinski definition) is 2. The van der Waals surface area contributed by atoms with Crippen molar-refractivity contribution in [3.05, 3.63) is 21.9 Å². The zero-order valence-corrected chi connectivity index (χ0v) is 5.95. The molecule has 0 saturated carbocycles. The molecular weight excluding hydrogens is 130 g/mol. The lowest BCUT2D eigenvalue weighted by molar-refractivity contribution is 0.721. The number of fused-ring (bicyclic) bond motifs is 1. The molecule has 0 spiro atoms. The molecule has 2 N–H and O–H groups in total. The van der Waals surface area contributed by atoms with Gasteiger partial charge in [0, 0.05) is 10.9 Å². The summed E-state index contributed by atoms with van der Waals surface area (Å²) in [6, 6.07) is 2.53. The zero-order valence-electron chi connectivity index (χ0n) is 5.13. The fraction of sp³-hybridized carbons (Fsp3) is 0.429. The van der Waals surface area contributed by atoms with Gasteiger partial charge in [-0.15, -0.1) is 11.3 Å². The van der Waals surface area contributed by atoms with Crippen LogP contribution in [0, 0.1) is 0 Å². The maximum atomic E-state index is 5.80. The molecule has 1 nitrogen and oxygen atoms in total. The van der Waals surface area contributed by atoms with Crippen LogP contribution in [-0.4, -0.2) is 0 Å². The standard InChI is InChI=1S/C7H9NS/c8-6-2-1-5-3-4-9-7(5)6/h3-4,6H,1-2,8H2/t6-/m0/s1. The molecule has 0 aliphatic heterocycles. The SMILES string of the molecule is N[C@H]1CCc2ccsc21. The Kier molecular flexibility index (Phi) is 1.10. The molecule has 48 valence electrons. The molecule has 1 aromatic heterocycles. The molecule has 2 heteroatoms. The first-order chi connectivity index (χ1) is 4.38. The summed E-state index contributed by atoms with van der Waals surface area (Å²) in [5.74, 6) is 0. The Morgan fingerprint density at radius 1 is 1.67 bits per heavy atom. The van der Waals surface area contributed by atoms with Crippen molar-refractivity contribution in [3.8, 4) is 0 Å². The highest BCUT2D eigenvalue weighted by Gasteiger charge is 2.19. The predicted molar refractivity (Wildman–Crippen MR) is 39.6 cm³/mol. The van der Waals surface area contributed by atoms with E-state index in [-0.39, 0.29) is 0 Å². The summed E-state index contributed by atoms with van der Waals surface area (Å²) in [5, 5.41) is 2.13. The van der Waals surface area contributed by atoms with Gasteiger partial charge in [0.25, 0.3) is 0 Å². The molecule has 1 atom stereocenters. The van der Waals surface area contributed by atoms with Crippen molar-refractivity contribution in [2.45, 2.75) is 18.9 Å². The van der Waals surface area contributed by atoms with E-state index in [0.29, 0.717) is 6.04 Å². The Hall–Kier alpha value is -0.340. The van der Waals surface area contributed by atoms with Crippen LogP contribution in [0.1, 0.15) is 22.9 Å². The molecule has 1 aromatic rings. The Balaban J connectivity index is 2.49. The molecule has 0 bridgehead atoms. The number of aryl methyl sites for hydroxylation is 1. The second kappa shape index (κ2) is 1.82. The maximum Gasteiger partial charge on any atom is 0.0395 e.